The maximum atomic E-state index is 10.4. The van der Waals surface area contributed by atoms with Crippen molar-refractivity contribution in [1.29, 1.82) is 0 Å². The minimum Gasteiger partial charge on any atom is -0.512 e. The Morgan fingerprint density at radius 3 is 1.89 bits per heavy atom. The average molecular weight is 128 g/mol. The minimum atomic E-state index is -0.00583. The van der Waals surface area contributed by atoms with E-state index in [0.29, 0.717) is 0 Å². The highest BCUT2D eigenvalue weighted by Crippen LogP contribution is 2.03. The molecule has 0 amide bonds. The molecule has 0 heterocycles. The molecule has 9 heavy (non-hydrogen) atoms. The standard InChI is InChI=1S/C7H12O2/c1-5(2)7(9)4-6(3)8/h9H,4H2,1-3H3. The molecule has 52 valence electrons. The Balaban J connectivity index is 3.92. The first-order valence-electron chi connectivity index (χ1n) is 2.88. The summed E-state index contributed by atoms with van der Waals surface area (Å²) in [5.41, 5.74) is 0.810. The lowest BCUT2D eigenvalue weighted by atomic mass is 10.2. The number of rotatable bonds is 2. The number of carbonyl (C=O) groups excluding carboxylic acids is 1. The van der Waals surface area contributed by atoms with Crippen molar-refractivity contribution in [1.82, 2.24) is 0 Å². The van der Waals surface area contributed by atoms with Gasteiger partial charge in [-0.05, 0) is 26.3 Å². The van der Waals surface area contributed by atoms with Gasteiger partial charge in [-0.1, -0.05) is 0 Å². The van der Waals surface area contributed by atoms with E-state index in [1.807, 2.05) is 0 Å². The van der Waals surface area contributed by atoms with Crippen molar-refractivity contribution in [3.8, 4) is 0 Å². The Labute approximate surface area is 55.2 Å². The number of Topliss-reactive ketones (excluding diaryl/α,β-unsaturated/α-hetero) is 1. The molecule has 0 fully saturated rings. The van der Waals surface area contributed by atoms with Crippen LogP contribution in [-0.2, 0) is 4.79 Å². The number of hydrogen-bond donors (Lipinski definition) is 1. The lowest BCUT2D eigenvalue weighted by molar-refractivity contribution is -0.116. The van der Waals surface area contributed by atoms with Gasteiger partial charge in [0, 0.05) is 0 Å². The monoisotopic (exact) mass is 128 g/mol. The highest BCUT2D eigenvalue weighted by Gasteiger charge is 1.98. The number of carbonyl (C=O) groups is 1. The molecule has 2 nitrogen and oxygen atoms in total. The van der Waals surface area contributed by atoms with Crippen molar-refractivity contribution in [2.24, 2.45) is 0 Å². The predicted molar refractivity (Wildman–Crippen MR) is 36.3 cm³/mol. The number of allylic oxidation sites excluding steroid dienone is 2. The van der Waals surface area contributed by atoms with Gasteiger partial charge >= 0.3 is 0 Å². The van der Waals surface area contributed by atoms with E-state index in [4.69, 9.17) is 5.11 Å². The molecule has 0 aliphatic carbocycles. The Hall–Kier alpha value is -0.790. The van der Waals surface area contributed by atoms with Crippen LogP contribution in [0.25, 0.3) is 0 Å². The van der Waals surface area contributed by atoms with Gasteiger partial charge in [0.05, 0.1) is 12.2 Å². The topological polar surface area (TPSA) is 37.3 Å². The Morgan fingerprint density at radius 1 is 1.33 bits per heavy atom. The van der Waals surface area contributed by atoms with Gasteiger partial charge in [0.15, 0.2) is 0 Å². The molecule has 0 saturated carbocycles. The van der Waals surface area contributed by atoms with E-state index in [1.54, 1.807) is 13.8 Å². The first kappa shape index (κ1) is 8.21. The summed E-state index contributed by atoms with van der Waals surface area (Å²) >= 11 is 0. The first-order valence-corrected chi connectivity index (χ1v) is 2.88. The number of aliphatic hydroxyl groups is 1. The van der Waals surface area contributed by atoms with Gasteiger partial charge < -0.3 is 5.11 Å². The van der Waals surface area contributed by atoms with Crippen molar-refractivity contribution < 1.29 is 9.90 Å². The summed E-state index contributed by atoms with van der Waals surface area (Å²) in [6.45, 7) is 5.01. The van der Waals surface area contributed by atoms with Crippen LogP contribution < -0.4 is 0 Å². The second kappa shape index (κ2) is 3.28. The summed E-state index contributed by atoms with van der Waals surface area (Å²) in [4.78, 5) is 10.4. The summed E-state index contributed by atoms with van der Waals surface area (Å²) in [5, 5.41) is 8.96. The zero-order valence-electron chi connectivity index (χ0n) is 6.06. The van der Waals surface area contributed by atoms with Crippen LogP contribution in [0.2, 0.25) is 0 Å². The molecular formula is C7H12O2. The molecule has 2 heteroatoms. The normalized spacial score (nSPS) is 8.78. The van der Waals surface area contributed by atoms with Crippen molar-refractivity contribution in [2.45, 2.75) is 27.2 Å². The first-order chi connectivity index (χ1) is 4.04. The number of ketones is 1. The second-order valence-corrected chi connectivity index (χ2v) is 2.33. The van der Waals surface area contributed by atoms with Gasteiger partial charge in [-0.25, -0.2) is 0 Å². The molecule has 0 unspecified atom stereocenters. The highest BCUT2D eigenvalue weighted by atomic mass is 16.3. The van der Waals surface area contributed by atoms with Crippen LogP contribution in [0.15, 0.2) is 11.3 Å². The smallest absolute Gasteiger partial charge is 0.137 e. The van der Waals surface area contributed by atoms with Gasteiger partial charge in [-0.15, -0.1) is 0 Å². The number of hydrogen-bond acceptors (Lipinski definition) is 2. The molecule has 0 saturated heterocycles. The van der Waals surface area contributed by atoms with Crippen molar-refractivity contribution in [2.75, 3.05) is 0 Å². The molecule has 1 N–H and O–H groups in total. The minimum absolute atomic E-state index is 0.00583. The fraction of sp³-hybridized carbons (Fsp3) is 0.571. The maximum absolute atomic E-state index is 10.4. The van der Waals surface area contributed by atoms with E-state index < -0.39 is 0 Å². The molecular weight excluding hydrogens is 116 g/mol. The molecule has 0 rings (SSSR count). The van der Waals surface area contributed by atoms with Crippen LogP contribution in [0.5, 0.6) is 0 Å². The lowest BCUT2D eigenvalue weighted by Gasteiger charge is -1.96. The Kier molecular flexibility index (Phi) is 2.99. The molecule has 0 spiro atoms. The summed E-state index contributed by atoms with van der Waals surface area (Å²) in [7, 11) is 0. The van der Waals surface area contributed by atoms with E-state index in [2.05, 4.69) is 0 Å². The van der Waals surface area contributed by atoms with Gasteiger partial charge in [0.25, 0.3) is 0 Å². The number of aliphatic hydroxyl groups excluding tert-OH is 1. The summed E-state index contributed by atoms with van der Waals surface area (Å²) < 4.78 is 0. The van der Waals surface area contributed by atoms with Gasteiger partial charge in [-0.3, -0.25) is 4.79 Å². The molecule has 0 bridgehead atoms. The lowest BCUT2D eigenvalue weighted by Crippen LogP contribution is -1.93. The SMILES string of the molecule is CC(=O)CC(O)=C(C)C. The van der Waals surface area contributed by atoms with Crippen molar-refractivity contribution in [3.63, 3.8) is 0 Å². The van der Waals surface area contributed by atoms with Crippen LogP contribution in [-0.4, -0.2) is 10.9 Å². The van der Waals surface area contributed by atoms with Crippen molar-refractivity contribution in [3.05, 3.63) is 11.3 Å². The summed E-state index contributed by atoms with van der Waals surface area (Å²) in [5.74, 6) is 0.191. The third kappa shape index (κ3) is 3.76. The van der Waals surface area contributed by atoms with Crippen molar-refractivity contribution >= 4 is 5.78 Å². The highest BCUT2D eigenvalue weighted by molar-refractivity contribution is 5.77. The fourth-order valence-electron chi connectivity index (χ4n) is 0.413. The largest absolute Gasteiger partial charge is 0.512 e. The fourth-order valence-corrected chi connectivity index (χ4v) is 0.413. The average Bonchev–Trinajstić information content (AvgIpc) is 1.63. The molecule has 0 atom stereocenters. The van der Waals surface area contributed by atoms with Gasteiger partial charge in [0.1, 0.15) is 5.78 Å². The molecule has 0 aliphatic rings. The van der Waals surface area contributed by atoms with E-state index in [1.165, 1.54) is 6.92 Å². The Bertz CT molecular complexity index is 141. The molecule has 0 aromatic carbocycles. The van der Waals surface area contributed by atoms with Crippen LogP contribution in [0.3, 0.4) is 0 Å². The summed E-state index contributed by atoms with van der Waals surface area (Å²) in [6, 6.07) is 0. The quantitative estimate of drug-likeness (QED) is 0.576. The maximum Gasteiger partial charge on any atom is 0.137 e. The van der Waals surface area contributed by atoms with Crippen LogP contribution in [0, 0.1) is 0 Å². The molecule has 0 radical (unpaired) electrons. The van der Waals surface area contributed by atoms with Crippen LogP contribution >= 0.6 is 0 Å². The summed E-state index contributed by atoms with van der Waals surface area (Å²) in [6.07, 6.45) is 0.169. The van der Waals surface area contributed by atoms with Crippen LogP contribution in [0.1, 0.15) is 27.2 Å². The molecule has 0 aromatic heterocycles. The van der Waals surface area contributed by atoms with E-state index in [9.17, 15) is 4.79 Å². The third-order valence-corrected chi connectivity index (χ3v) is 0.994. The zero-order chi connectivity index (χ0) is 7.44. The second-order valence-electron chi connectivity index (χ2n) is 2.33. The van der Waals surface area contributed by atoms with Gasteiger partial charge in [-0.2, -0.15) is 0 Å². The molecule has 0 aromatic rings. The van der Waals surface area contributed by atoms with E-state index in [-0.39, 0.29) is 18.0 Å². The Morgan fingerprint density at radius 2 is 1.78 bits per heavy atom. The third-order valence-electron chi connectivity index (χ3n) is 0.994. The van der Waals surface area contributed by atoms with E-state index in [0.717, 1.165) is 5.57 Å². The van der Waals surface area contributed by atoms with Crippen LogP contribution in [0.4, 0.5) is 0 Å². The zero-order valence-corrected chi connectivity index (χ0v) is 6.06. The predicted octanol–water partition coefficient (Wildman–Crippen LogP) is 1.82. The molecule has 0 aliphatic heterocycles. The van der Waals surface area contributed by atoms with Gasteiger partial charge in [0.2, 0.25) is 0 Å². The van der Waals surface area contributed by atoms with E-state index >= 15 is 0 Å².